The second kappa shape index (κ2) is 6.21. The number of aliphatic carboxylic acids is 1. The summed E-state index contributed by atoms with van der Waals surface area (Å²) in [5.41, 5.74) is 0.365. The summed E-state index contributed by atoms with van der Waals surface area (Å²) in [6.07, 6.45) is 1.92. The van der Waals surface area contributed by atoms with E-state index in [1.54, 1.807) is 6.92 Å². The second-order valence-corrected chi connectivity index (χ2v) is 5.06. The molecule has 0 aliphatic rings. The van der Waals surface area contributed by atoms with Gasteiger partial charge in [0.1, 0.15) is 5.82 Å². The molecule has 0 atom stereocenters. The molecule has 8 heteroatoms. The molecule has 112 valence electrons. The van der Waals surface area contributed by atoms with Crippen LogP contribution in [0.25, 0.3) is 5.69 Å². The van der Waals surface area contributed by atoms with Crippen molar-refractivity contribution in [1.29, 1.82) is 0 Å². The van der Waals surface area contributed by atoms with Crippen molar-refractivity contribution in [3.8, 4) is 5.69 Å². The number of carboxylic acids is 1. The van der Waals surface area contributed by atoms with Gasteiger partial charge in [0, 0.05) is 24.0 Å². The maximum atomic E-state index is 13.9. The van der Waals surface area contributed by atoms with Gasteiger partial charge >= 0.3 is 5.97 Å². The minimum atomic E-state index is -1.28. The van der Waals surface area contributed by atoms with Gasteiger partial charge in [-0.2, -0.15) is 0 Å². The molecule has 1 aromatic carbocycles. The van der Waals surface area contributed by atoms with Crippen LogP contribution in [0.3, 0.4) is 0 Å². The summed E-state index contributed by atoms with van der Waals surface area (Å²) >= 11 is 0.874. The predicted molar refractivity (Wildman–Crippen MR) is 71.2 cm³/mol. The van der Waals surface area contributed by atoms with Gasteiger partial charge in [0.2, 0.25) is 0 Å². The van der Waals surface area contributed by atoms with Crippen molar-refractivity contribution < 1.29 is 23.1 Å². The van der Waals surface area contributed by atoms with Gasteiger partial charge in [0.25, 0.3) is 0 Å². The van der Waals surface area contributed by atoms with Gasteiger partial charge in [-0.15, -0.1) is 0 Å². The van der Waals surface area contributed by atoms with Crippen LogP contribution in [0.2, 0.25) is 0 Å². The van der Waals surface area contributed by atoms with Gasteiger partial charge in [-0.1, -0.05) is 18.7 Å². The fraction of sp³-hybridized carbons (Fsp3) is 0.231. The number of imidazole rings is 1. The average Bonchev–Trinajstić information content (AvgIpc) is 2.83. The van der Waals surface area contributed by atoms with E-state index >= 15 is 0 Å². The van der Waals surface area contributed by atoms with E-state index in [2.05, 4.69) is 4.98 Å². The summed E-state index contributed by atoms with van der Waals surface area (Å²) in [4.78, 5) is 14.6. The molecule has 1 aromatic heterocycles. The number of halogens is 3. The van der Waals surface area contributed by atoms with E-state index in [9.17, 15) is 18.0 Å². The first-order valence-corrected chi connectivity index (χ1v) is 6.98. The third kappa shape index (κ3) is 3.21. The van der Waals surface area contributed by atoms with Crippen molar-refractivity contribution in [2.75, 3.05) is 5.75 Å². The number of rotatable bonds is 5. The number of nitrogens with zero attached hydrogens (tertiary/aromatic N) is 2. The standard InChI is InChI=1S/C13H11F3N2O2S/c1-2-7-5-17-13(21-6-12(19)20)18(7)11-4-9(15)8(14)3-10(11)16/h3-5H,2,6H2,1H3,(H,19,20). The van der Waals surface area contributed by atoms with Crippen molar-refractivity contribution in [1.82, 2.24) is 9.55 Å². The van der Waals surface area contributed by atoms with Gasteiger partial charge < -0.3 is 5.11 Å². The first-order chi connectivity index (χ1) is 9.93. The highest BCUT2D eigenvalue weighted by atomic mass is 32.2. The third-order valence-corrected chi connectivity index (χ3v) is 3.66. The van der Waals surface area contributed by atoms with Crippen LogP contribution in [0, 0.1) is 17.5 Å². The number of hydrogen-bond donors (Lipinski definition) is 1. The van der Waals surface area contributed by atoms with E-state index in [0.717, 1.165) is 17.8 Å². The molecule has 21 heavy (non-hydrogen) atoms. The molecule has 0 bridgehead atoms. The number of benzene rings is 1. The molecule has 2 aromatic rings. The molecule has 0 aliphatic carbocycles. The van der Waals surface area contributed by atoms with Crippen LogP contribution in [0.15, 0.2) is 23.5 Å². The van der Waals surface area contributed by atoms with Crippen LogP contribution >= 0.6 is 11.8 Å². The van der Waals surface area contributed by atoms with Crippen LogP contribution in [-0.4, -0.2) is 26.4 Å². The molecule has 1 N–H and O–H groups in total. The van der Waals surface area contributed by atoms with Gasteiger partial charge in [-0.25, -0.2) is 18.2 Å². The highest BCUT2D eigenvalue weighted by molar-refractivity contribution is 7.99. The Morgan fingerprint density at radius 2 is 1.95 bits per heavy atom. The van der Waals surface area contributed by atoms with Crippen molar-refractivity contribution in [2.45, 2.75) is 18.5 Å². The molecular weight excluding hydrogens is 305 g/mol. The van der Waals surface area contributed by atoms with Gasteiger partial charge in [-0.05, 0) is 6.42 Å². The Morgan fingerprint density at radius 1 is 1.29 bits per heavy atom. The minimum Gasteiger partial charge on any atom is -0.481 e. The first kappa shape index (κ1) is 15.4. The van der Waals surface area contributed by atoms with Crippen LogP contribution in [0.4, 0.5) is 13.2 Å². The van der Waals surface area contributed by atoms with Gasteiger partial charge in [0.05, 0.1) is 11.4 Å². The molecule has 0 radical (unpaired) electrons. The third-order valence-electron chi connectivity index (χ3n) is 2.72. The van der Waals surface area contributed by atoms with Crippen molar-refractivity contribution >= 4 is 17.7 Å². The zero-order valence-electron chi connectivity index (χ0n) is 10.9. The molecule has 0 unspecified atom stereocenters. The van der Waals surface area contributed by atoms with E-state index in [0.29, 0.717) is 18.2 Å². The second-order valence-electron chi connectivity index (χ2n) is 4.12. The number of aryl methyl sites for hydroxylation is 1. The molecule has 0 aliphatic heterocycles. The number of carbonyl (C=O) groups is 1. The molecule has 0 spiro atoms. The molecule has 2 rings (SSSR count). The number of hydrogen-bond acceptors (Lipinski definition) is 3. The fourth-order valence-corrected chi connectivity index (χ4v) is 2.51. The van der Waals surface area contributed by atoms with E-state index in [-0.39, 0.29) is 16.6 Å². The van der Waals surface area contributed by atoms with E-state index < -0.39 is 23.4 Å². The quantitative estimate of drug-likeness (QED) is 0.680. The van der Waals surface area contributed by atoms with Crippen molar-refractivity contribution in [3.05, 3.63) is 41.5 Å². The van der Waals surface area contributed by atoms with Crippen LogP contribution < -0.4 is 0 Å². The molecule has 1 heterocycles. The summed E-state index contributed by atoms with van der Waals surface area (Å²) in [5, 5.41) is 8.90. The van der Waals surface area contributed by atoms with Crippen molar-refractivity contribution in [2.24, 2.45) is 0 Å². The summed E-state index contributed by atoms with van der Waals surface area (Å²) in [6.45, 7) is 1.79. The lowest BCUT2D eigenvalue weighted by molar-refractivity contribution is -0.133. The van der Waals surface area contributed by atoms with E-state index in [4.69, 9.17) is 5.11 Å². The maximum Gasteiger partial charge on any atom is 0.313 e. The first-order valence-electron chi connectivity index (χ1n) is 6.00. The zero-order chi connectivity index (χ0) is 15.6. The molecule has 4 nitrogen and oxygen atoms in total. The summed E-state index contributed by atoms with van der Waals surface area (Å²) in [6, 6.07) is 1.19. The number of thioether (sulfide) groups is 1. The minimum absolute atomic E-state index is 0.198. The monoisotopic (exact) mass is 316 g/mol. The summed E-state index contributed by atoms with van der Waals surface area (Å²) < 4.78 is 41.6. The lowest BCUT2D eigenvalue weighted by Gasteiger charge is -2.12. The Balaban J connectivity index is 2.53. The molecule has 0 amide bonds. The lowest BCUT2D eigenvalue weighted by atomic mass is 10.2. The highest BCUT2D eigenvalue weighted by Gasteiger charge is 2.18. The Kier molecular flexibility index (Phi) is 4.56. The van der Waals surface area contributed by atoms with Gasteiger partial charge in [0.15, 0.2) is 16.8 Å². The SMILES string of the molecule is CCc1cnc(SCC(=O)O)n1-c1cc(F)c(F)cc1F. The predicted octanol–water partition coefficient (Wildman–Crippen LogP) is 3.03. The van der Waals surface area contributed by atoms with E-state index in [1.165, 1.54) is 10.8 Å². The Hall–Kier alpha value is -1.96. The Morgan fingerprint density at radius 3 is 2.57 bits per heavy atom. The summed E-state index contributed by atoms with van der Waals surface area (Å²) in [5.74, 6) is -4.74. The summed E-state index contributed by atoms with van der Waals surface area (Å²) in [7, 11) is 0. The van der Waals surface area contributed by atoms with E-state index in [1.807, 2.05) is 0 Å². The van der Waals surface area contributed by atoms with Crippen LogP contribution in [0.5, 0.6) is 0 Å². The smallest absolute Gasteiger partial charge is 0.313 e. The average molecular weight is 316 g/mol. The largest absolute Gasteiger partial charge is 0.481 e. The lowest BCUT2D eigenvalue weighted by Crippen LogP contribution is -2.07. The fourth-order valence-electron chi connectivity index (χ4n) is 1.79. The van der Waals surface area contributed by atoms with Gasteiger partial charge in [-0.3, -0.25) is 9.36 Å². The topological polar surface area (TPSA) is 55.1 Å². The zero-order valence-corrected chi connectivity index (χ0v) is 11.8. The van der Waals surface area contributed by atoms with Crippen LogP contribution in [0.1, 0.15) is 12.6 Å². The molecule has 0 saturated heterocycles. The highest BCUT2D eigenvalue weighted by Crippen LogP contribution is 2.26. The maximum absolute atomic E-state index is 13.9. The molecule has 0 fully saturated rings. The molecular formula is C13H11F3N2O2S. The Labute approximate surface area is 122 Å². The number of aromatic nitrogens is 2. The van der Waals surface area contributed by atoms with Crippen molar-refractivity contribution in [3.63, 3.8) is 0 Å². The normalized spacial score (nSPS) is 10.9. The number of carboxylic acid groups (broad SMARTS) is 1. The molecule has 0 saturated carbocycles. The van der Waals surface area contributed by atoms with Crippen LogP contribution in [-0.2, 0) is 11.2 Å². The Bertz CT molecular complexity index is 688.